The Hall–Kier alpha value is -3.10. The van der Waals surface area contributed by atoms with Gasteiger partial charge in [0.05, 0.1) is 17.3 Å². The molecule has 2 amide bonds. The molecule has 0 radical (unpaired) electrons. The van der Waals surface area contributed by atoms with Crippen molar-refractivity contribution in [3.8, 4) is 11.4 Å². The van der Waals surface area contributed by atoms with Crippen molar-refractivity contribution in [2.75, 3.05) is 18.4 Å². The van der Waals surface area contributed by atoms with Crippen LogP contribution in [-0.2, 0) is 9.53 Å². The highest BCUT2D eigenvalue weighted by Crippen LogP contribution is 2.22. The van der Waals surface area contributed by atoms with Crippen molar-refractivity contribution >= 4 is 17.8 Å². The number of nitrogens with zero attached hydrogens (tertiary/aromatic N) is 4. The Morgan fingerprint density at radius 2 is 2.03 bits per heavy atom. The van der Waals surface area contributed by atoms with E-state index in [0.717, 1.165) is 0 Å². The van der Waals surface area contributed by atoms with Crippen LogP contribution in [0.1, 0.15) is 33.6 Å². The van der Waals surface area contributed by atoms with Crippen LogP contribution in [0.2, 0.25) is 0 Å². The maximum Gasteiger partial charge on any atom is 0.410 e. The van der Waals surface area contributed by atoms with E-state index in [1.165, 1.54) is 24.5 Å². The van der Waals surface area contributed by atoms with Gasteiger partial charge in [0.15, 0.2) is 0 Å². The van der Waals surface area contributed by atoms with Crippen molar-refractivity contribution in [1.29, 1.82) is 0 Å². The predicted octanol–water partition coefficient (Wildman–Crippen LogP) is 3.26. The van der Waals surface area contributed by atoms with E-state index in [9.17, 15) is 14.0 Å². The van der Waals surface area contributed by atoms with E-state index in [2.05, 4.69) is 20.3 Å². The molecule has 3 rings (SSSR count). The van der Waals surface area contributed by atoms with E-state index in [1.807, 2.05) is 0 Å². The molecule has 3 heterocycles. The van der Waals surface area contributed by atoms with Gasteiger partial charge in [0.25, 0.3) is 0 Å². The highest BCUT2D eigenvalue weighted by molar-refractivity contribution is 5.92. The number of aromatic nitrogens is 3. The van der Waals surface area contributed by atoms with Gasteiger partial charge in [-0.25, -0.2) is 19.7 Å². The molecule has 1 aliphatic heterocycles. The molecule has 9 heteroatoms. The second-order valence-corrected chi connectivity index (χ2v) is 7.89. The number of hydrogen-bond donors (Lipinski definition) is 1. The van der Waals surface area contributed by atoms with Gasteiger partial charge in [-0.15, -0.1) is 0 Å². The van der Waals surface area contributed by atoms with Gasteiger partial charge < -0.3 is 15.0 Å². The Morgan fingerprint density at radius 1 is 1.24 bits per heavy atom. The Bertz CT molecular complexity index is 900. The lowest BCUT2D eigenvalue weighted by atomic mass is 9.97. The number of piperidine rings is 1. The first-order valence-corrected chi connectivity index (χ1v) is 9.45. The molecule has 1 fully saturated rings. The molecule has 29 heavy (non-hydrogen) atoms. The second kappa shape index (κ2) is 8.50. The van der Waals surface area contributed by atoms with Crippen molar-refractivity contribution in [1.82, 2.24) is 19.9 Å². The summed E-state index contributed by atoms with van der Waals surface area (Å²) in [5.41, 5.74) is 0.152. The van der Waals surface area contributed by atoms with Crippen LogP contribution in [0.15, 0.2) is 30.6 Å². The summed E-state index contributed by atoms with van der Waals surface area (Å²) in [6, 6.07) is 5.93. The number of pyridine rings is 1. The quantitative estimate of drug-likeness (QED) is 0.793. The third-order valence-corrected chi connectivity index (χ3v) is 4.34. The van der Waals surface area contributed by atoms with E-state index in [4.69, 9.17) is 4.74 Å². The number of halogens is 1. The summed E-state index contributed by atoms with van der Waals surface area (Å²) in [7, 11) is 0. The molecular weight excluding hydrogens is 377 g/mol. The fraction of sp³-hybridized carbons (Fsp3) is 0.450. The molecule has 2 aromatic heterocycles. The zero-order valence-electron chi connectivity index (χ0n) is 16.7. The average Bonchev–Trinajstić information content (AvgIpc) is 2.67. The minimum Gasteiger partial charge on any atom is -0.444 e. The number of amides is 2. The van der Waals surface area contributed by atoms with Gasteiger partial charge in [0.2, 0.25) is 11.9 Å². The molecule has 1 saturated heterocycles. The SMILES string of the molecule is CC(C)(C)OC(=O)N1CCC[C@@H](C(=O)Nc2cc(-c3cccc(F)n3)ncn2)C1. The average molecular weight is 401 g/mol. The third kappa shape index (κ3) is 5.69. The minimum absolute atomic E-state index is 0.241. The molecule has 154 valence electrons. The molecule has 1 atom stereocenters. The predicted molar refractivity (Wildman–Crippen MR) is 104 cm³/mol. The molecule has 0 spiro atoms. The first-order valence-electron chi connectivity index (χ1n) is 9.45. The molecule has 0 unspecified atom stereocenters. The van der Waals surface area contributed by atoms with E-state index in [0.29, 0.717) is 36.6 Å². The number of rotatable bonds is 3. The van der Waals surface area contributed by atoms with Gasteiger partial charge in [-0.1, -0.05) is 6.07 Å². The number of ether oxygens (including phenoxy) is 1. The highest BCUT2D eigenvalue weighted by Gasteiger charge is 2.31. The second-order valence-electron chi connectivity index (χ2n) is 7.89. The van der Waals surface area contributed by atoms with Crippen LogP contribution in [0, 0.1) is 11.9 Å². The summed E-state index contributed by atoms with van der Waals surface area (Å²) < 4.78 is 18.7. The molecule has 1 N–H and O–H groups in total. The smallest absolute Gasteiger partial charge is 0.410 e. The third-order valence-electron chi connectivity index (χ3n) is 4.34. The van der Waals surface area contributed by atoms with E-state index >= 15 is 0 Å². The van der Waals surface area contributed by atoms with Gasteiger partial charge in [-0.3, -0.25) is 4.79 Å². The number of carbonyl (C=O) groups is 2. The summed E-state index contributed by atoms with van der Waals surface area (Å²) in [5.74, 6) is -0.936. The Kier molecular flexibility index (Phi) is 6.05. The first-order chi connectivity index (χ1) is 13.7. The largest absolute Gasteiger partial charge is 0.444 e. The summed E-state index contributed by atoms with van der Waals surface area (Å²) in [4.78, 5) is 38.5. The zero-order valence-corrected chi connectivity index (χ0v) is 16.7. The normalized spacial score (nSPS) is 17.0. The van der Waals surface area contributed by atoms with Gasteiger partial charge in [-0.2, -0.15) is 4.39 Å². The van der Waals surface area contributed by atoms with Gasteiger partial charge in [-0.05, 0) is 45.7 Å². The van der Waals surface area contributed by atoms with Crippen molar-refractivity contribution in [3.63, 3.8) is 0 Å². The van der Waals surface area contributed by atoms with Crippen molar-refractivity contribution in [2.45, 2.75) is 39.2 Å². The maximum atomic E-state index is 13.3. The lowest BCUT2D eigenvalue weighted by molar-refractivity contribution is -0.121. The van der Waals surface area contributed by atoms with Crippen LogP contribution in [0.25, 0.3) is 11.4 Å². The number of nitrogens with one attached hydrogen (secondary N) is 1. The monoisotopic (exact) mass is 401 g/mol. The lowest BCUT2D eigenvalue weighted by Gasteiger charge is -2.33. The molecular formula is C20H24FN5O3. The molecule has 0 bridgehead atoms. The lowest BCUT2D eigenvalue weighted by Crippen LogP contribution is -2.45. The Morgan fingerprint density at radius 3 is 2.76 bits per heavy atom. The number of hydrogen-bond acceptors (Lipinski definition) is 6. The van der Waals surface area contributed by atoms with E-state index in [-0.39, 0.29) is 18.4 Å². The van der Waals surface area contributed by atoms with Crippen LogP contribution in [0.5, 0.6) is 0 Å². The molecule has 8 nitrogen and oxygen atoms in total. The summed E-state index contributed by atoms with van der Waals surface area (Å²) in [5, 5.41) is 2.75. The van der Waals surface area contributed by atoms with Crippen LogP contribution >= 0.6 is 0 Å². The van der Waals surface area contributed by atoms with E-state index in [1.54, 1.807) is 31.7 Å². The first kappa shape index (κ1) is 20.6. The Balaban J connectivity index is 1.65. The summed E-state index contributed by atoms with van der Waals surface area (Å²) in [6.45, 7) is 6.25. The molecule has 0 saturated carbocycles. The number of likely N-dealkylation sites (tertiary alicyclic amines) is 1. The molecule has 0 aromatic carbocycles. The topological polar surface area (TPSA) is 97.3 Å². The highest BCUT2D eigenvalue weighted by atomic mass is 19.1. The van der Waals surface area contributed by atoms with Crippen LogP contribution in [-0.4, -0.2) is 50.5 Å². The summed E-state index contributed by atoms with van der Waals surface area (Å²) >= 11 is 0. The molecule has 0 aliphatic carbocycles. The Labute approximate surface area is 168 Å². The number of carbonyl (C=O) groups excluding carboxylic acids is 2. The van der Waals surface area contributed by atoms with E-state index < -0.39 is 17.6 Å². The van der Waals surface area contributed by atoms with Gasteiger partial charge in [0, 0.05) is 19.2 Å². The fourth-order valence-corrected chi connectivity index (χ4v) is 3.03. The minimum atomic E-state index is -0.615. The van der Waals surface area contributed by atoms with Crippen molar-refractivity contribution in [3.05, 3.63) is 36.5 Å². The number of anilines is 1. The van der Waals surface area contributed by atoms with Crippen LogP contribution in [0.3, 0.4) is 0 Å². The molecule has 2 aromatic rings. The molecule has 1 aliphatic rings. The van der Waals surface area contributed by atoms with Gasteiger partial charge in [0.1, 0.15) is 17.7 Å². The standard InChI is InChI=1S/C20H24FN5O3/c1-20(2,3)29-19(28)26-9-5-6-13(11-26)18(27)25-17-10-15(22-12-23-17)14-7-4-8-16(21)24-14/h4,7-8,10,12-13H,5-6,9,11H2,1-3H3,(H,22,23,25,27)/t13-/m1/s1. The zero-order chi connectivity index (χ0) is 21.0. The fourth-order valence-electron chi connectivity index (χ4n) is 3.03. The van der Waals surface area contributed by atoms with Crippen molar-refractivity contribution < 1.29 is 18.7 Å². The van der Waals surface area contributed by atoms with Crippen LogP contribution in [0.4, 0.5) is 15.0 Å². The maximum absolute atomic E-state index is 13.3. The van der Waals surface area contributed by atoms with Crippen LogP contribution < -0.4 is 5.32 Å². The summed E-state index contributed by atoms with van der Waals surface area (Å²) in [6.07, 6.45) is 2.23. The van der Waals surface area contributed by atoms with Crippen molar-refractivity contribution in [2.24, 2.45) is 5.92 Å². The van der Waals surface area contributed by atoms with Gasteiger partial charge >= 0.3 is 6.09 Å².